The van der Waals surface area contributed by atoms with Crippen LogP contribution in [-0.4, -0.2) is 48.7 Å². The van der Waals surface area contributed by atoms with Crippen LogP contribution < -0.4 is 15.4 Å². The number of benzene rings is 1. The number of fused-ring (bicyclic) bond motifs is 1. The van der Waals surface area contributed by atoms with E-state index in [0.29, 0.717) is 46.4 Å². The van der Waals surface area contributed by atoms with Gasteiger partial charge in [-0.2, -0.15) is 0 Å². The van der Waals surface area contributed by atoms with Gasteiger partial charge in [-0.05, 0) is 23.9 Å². The molecule has 0 unspecified atom stereocenters. The minimum Gasteiger partial charge on any atom is -0.485 e. The summed E-state index contributed by atoms with van der Waals surface area (Å²) in [7, 11) is 0. The lowest BCUT2D eigenvalue weighted by atomic mass is 9.83. The van der Waals surface area contributed by atoms with Crippen LogP contribution in [-0.2, 0) is 6.61 Å². The Hall–Kier alpha value is -3.54. The van der Waals surface area contributed by atoms with E-state index in [1.165, 1.54) is 18.0 Å². The van der Waals surface area contributed by atoms with E-state index in [4.69, 9.17) is 14.9 Å². The van der Waals surface area contributed by atoms with Crippen molar-refractivity contribution in [3.8, 4) is 17.5 Å². The smallest absolute Gasteiger partial charge is 0.264 e. The summed E-state index contributed by atoms with van der Waals surface area (Å²) in [6.07, 6.45) is 7.88. The molecule has 2 aliphatic rings. The SMILES string of the molecule is N[C@@H]1c2ccccc2OC12CCN(c1ncc(Sc3ccnc(-c4ncco4)n3)nc1CO)CC2. The van der Waals surface area contributed by atoms with Crippen molar-refractivity contribution in [2.24, 2.45) is 5.73 Å². The van der Waals surface area contributed by atoms with Crippen molar-refractivity contribution in [2.45, 2.75) is 41.1 Å². The molecule has 4 aromatic rings. The molecule has 11 heteroatoms. The zero-order chi connectivity index (χ0) is 23.8. The van der Waals surface area contributed by atoms with Crippen LogP contribution in [0.25, 0.3) is 11.7 Å². The van der Waals surface area contributed by atoms with Crippen molar-refractivity contribution in [2.75, 3.05) is 18.0 Å². The first-order valence-corrected chi connectivity index (χ1v) is 12.1. The predicted octanol–water partition coefficient (Wildman–Crippen LogP) is 3.00. The molecule has 178 valence electrons. The minimum absolute atomic E-state index is 0.155. The highest BCUT2D eigenvalue weighted by Crippen LogP contribution is 2.47. The Balaban J connectivity index is 1.17. The summed E-state index contributed by atoms with van der Waals surface area (Å²) in [5, 5.41) is 11.3. The van der Waals surface area contributed by atoms with E-state index in [1.807, 2.05) is 24.3 Å². The second-order valence-corrected chi connectivity index (χ2v) is 9.50. The summed E-state index contributed by atoms with van der Waals surface area (Å²) in [5.74, 6) is 2.30. The molecule has 0 radical (unpaired) electrons. The fourth-order valence-electron chi connectivity index (χ4n) is 4.67. The molecule has 3 N–H and O–H groups in total. The molecule has 1 fully saturated rings. The first-order valence-electron chi connectivity index (χ1n) is 11.3. The number of oxazole rings is 1. The lowest BCUT2D eigenvalue weighted by molar-refractivity contribution is 0.0430. The second-order valence-electron chi connectivity index (χ2n) is 8.46. The molecular formula is C24H23N7O3S. The summed E-state index contributed by atoms with van der Waals surface area (Å²) in [6, 6.07) is 9.61. The summed E-state index contributed by atoms with van der Waals surface area (Å²) >= 11 is 1.33. The second kappa shape index (κ2) is 8.91. The van der Waals surface area contributed by atoms with Gasteiger partial charge in [0.2, 0.25) is 5.82 Å². The molecule has 0 saturated carbocycles. The third-order valence-electron chi connectivity index (χ3n) is 6.46. The minimum atomic E-state index is -0.406. The number of aromatic nitrogens is 5. The molecule has 1 spiro atoms. The van der Waals surface area contributed by atoms with E-state index >= 15 is 0 Å². The van der Waals surface area contributed by atoms with Crippen molar-refractivity contribution in [1.29, 1.82) is 0 Å². The van der Waals surface area contributed by atoms with Crippen LogP contribution in [0, 0.1) is 0 Å². The number of piperidine rings is 1. The molecule has 2 aliphatic heterocycles. The number of aliphatic hydroxyl groups is 1. The van der Waals surface area contributed by atoms with Gasteiger partial charge < -0.3 is 24.9 Å². The zero-order valence-corrected chi connectivity index (χ0v) is 19.6. The Morgan fingerprint density at radius 3 is 2.69 bits per heavy atom. The number of aliphatic hydroxyl groups excluding tert-OH is 1. The highest BCUT2D eigenvalue weighted by atomic mass is 32.2. The van der Waals surface area contributed by atoms with Crippen LogP contribution in [0.4, 0.5) is 5.82 Å². The molecule has 1 saturated heterocycles. The Morgan fingerprint density at radius 1 is 1.06 bits per heavy atom. The maximum Gasteiger partial charge on any atom is 0.264 e. The molecule has 1 aromatic carbocycles. The van der Waals surface area contributed by atoms with Crippen LogP contribution in [0.2, 0.25) is 0 Å². The lowest BCUT2D eigenvalue weighted by Gasteiger charge is -2.41. The first-order chi connectivity index (χ1) is 17.1. The zero-order valence-electron chi connectivity index (χ0n) is 18.7. The lowest BCUT2D eigenvalue weighted by Crippen LogP contribution is -2.51. The number of rotatable bonds is 5. The number of nitrogens with two attached hydrogens (primary N) is 1. The van der Waals surface area contributed by atoms with E-state index < -0.39 is 5.60 Å². The van der Waals surface area contributed by atoms with Gasteiger partial charge in [0.25, 0.3) is 5.89 Å². The van der Waals surface area contributed by atoms with Gasteiger partial charge in [-0.15, -0.1) is 0 Å². The summed E-state index contributed by atoms with van der Waals surface area (Å²) in [6.45, 7) is 1.20. The number of nitrogens with zero attached hydrogens (tertiary/aromatic N) is 6. The van der Waals surface area contributed by atoms with Crippen molar-refractivity contribution in [3.63, 3.8) is 0 Å². The van der Waals surface area contributed by atoms with E-state index in [9.17, 15) is 5.11 Å². The van der Waals surface area contributed by atoms with Gasteiger partial charge in [0.1, 0.15) is 33.4 Å². The molecule has 5 heterocycles. The summed E-state index contributed by atoms with van der Waals surface area (Å²) in [4.78, 5) is 24.2. The summed E-state index contributed by atoms with van der Waals surface area (Å²) < 4.78 is 11.6. The third-order valence-corrected chi connectivity index (χ3v) is 7.30. The van der Waals surface area contributed by atoms with Gasteiger partial charge in [0, 0.05) is 37.7 Å². The van der Waals surface area contributed by atoms with Crippen LogP contribution in [0.1, 0.15) is 30.1 Å². The van der Waals surface area contributed by atoms with Crippen molar-refractivity contribution in [1.82, 2.24) is 24.9 Å². The van der Waals surface area contributed by atoms with Crippen molar-refractivity contribution in [3.05, 3.63) is 66.4 Å². The molecule has 3 aromatic heterocycles. The van der Waals surface area contributed by atoms with Crippen LogP contribution >= 0.6 is 11.8 Å². The van der Waals surface area contributed by atoms with Crippen molar-refractivity contribution >= 4 is 17.6 Å². The molecule has 0 aliphatic carbocycles. The Kier molecular flexibility index (Phi) is 5.59. The third kappa shape index (κ3) is 4.01. The average Bonchev–Trinajstić information content (AvgIpc) is 3.53. The maximum absolute atomic E-state index is 10.0. The molecule has 10 nitrogen and oxygen atoms in total. The molecular weight excluding hydrogens is 466 g/mol. The van der Waals surface area contributed by atoms with Crippen LogP contribution in [0.3, 0.4) is 0 Å². The maximum atomic E-state index is 10.0. The van der Waals surface area contributed by atoms with Crippen LogP contribution in [0.15, 0.2) is 69.7 Å². The molecule has 0 amide bonds. The molecule has 35 heavy (non-hydrogen) atoms. The van der Waals surface area contributed by atoms with Crippen LogP contribution in [0.5, 0.6) is 5.75 Å². The number of ether oxygens (including phenoxy) is 1. The van der Waals surface area contributed by atoms with Gasteiger partial charge in [0.15, 0.2) is 5.82 Å². The normalized spacial score (nSPS) is 18.5. The van der Waals surface area contributed by atoms with E-state index in [0.717, 1.165) is 24.2 Å². The number of hydrogen-bond acceptors (Lipinski definition) is 11. The van der Waals surface area contributed by atoms with Gasteiger partial charge in [-0.1, -0.05) is 18.2 Å². The van der Waals surface area contributed by atoms with Crippen molar-refractivity contribution < 1.29 is 14.3 Å². The average molecular weight is 490 g/mol. The molecule has 0 bridgehead atoms. The standard InChI is InChI=1S/C24H23N7O3S/c25-20-15-3-1-2-4-17(15)34-24(20)6-10-31(11-7-24)22-16(14-32)29-19(13-28-22)35-18-5-8-26-21(30-18)23-27-9-12-33-23/h1-5,8-9,12-13,20,32H,6-7,10-11,14,25H2/t20-/m1/s1. The predicted molar refractivity (Wildman–Crippen MR) is 128 cm³/mol. The van der Waals surface area contributed by atoms with Gasteiger partial charge in [-0.3, -0.25) is 0 Å². The topological polar surface area (TPSA) is 136 Å². The highest BCUT2D eigenvalue weighted by Gasteiger charge is 2.48. The van der Waals surface area contributed by atoms with Gasteiger partial charge in [-0.25, -0.2) is 24.9 Å². The number of anilines is 1. The largest absolute Gasteiger partial charge is 0.485 e. The van der Waals surface area contributed by atoms with E-state index in [1.54, 1.807) is 24.7 Å². The monoisotopic (exact) mass is 489 g/mol. The summed E-state index contributed by atoms with van der Waals surface area (Å²) in [5.41, 5.74) is 7.78. The molecule has 6 rings (SSSR count). The number of hydrogen-bond donors (Lipinski definition) is 2. The highest BCUT2D eigenvalue weighted by molar-refractivity contribution is 7.99. The Bertz CT molecular complexity index is 1340. The first kappa shape index (κ1) is 22.0. The fourth-order valence-corrected chi connectivity index (χ4v) is 5.41. The Morgan fingerprint density at radius 2 is 1.91 bits per heavy atom. The quantitative estimate of drug-likeness (QED) is 0.400. The van der Waals surface area contributed by atoms with E-state index in [2.05, 4.69) is 29.8 Å². The van der Waals surface area contributed by atoms with Gasteiger partial charge in [0.05, 0.1) is 25.0 Å². The fraction of sp³-hybridized carbons (Fsp3) is 0.292. The van der Waals surface area contributed by atoms with Gasteiger partial charge >= 0.3 is 0 Å². The Labute approximate surface area is 205 Å². The van der Waals surface area contributed by atoms with E-state index in [-0.39, 0.29) is 12.6 Å². The molecule has 1 atom stereocenters. The number of para-hydroxylation sites is 1.